The van der Waals surface area contributed by atoms with Crippen molar-refractivity contribution in [2.45, 2.75) is 13.8 Å². The molecule has 0 saturated heterocycles. The van der Waals surface area contributed by atoms with Crippen LogP contribution in [0.4, 0.5) is 5.69 Å². The topological polar surface area (TPSA) is 109 Å². The molecule has 0 aliphatic rings. The number of nitrogens with two attached hydrogens (primary N) is 1. The van der Waals surface area contributed by atoms with Gasteiger partial charge in [-0.05, 0) is 32.0 Å². The molecule has 1 aromatic rings. The molecule has 0 atom stereocenters. The van der Waals surface area contributed by atoms with Crippen LogP contribution >= 0.6 is 11.6 Å². The van der Waals surface area contributed by atoms with E-state index in [2.05, 4.69) is 5.32 Å². The van der Waals surface area contributed by atoms with Gasteiger partial charge in [0.25, 0.3) is 5.91 Å². The van der Waals surface area contributed by atoms with Crippen molar-refractivity contribution in [3.63, 3.8) is 0 Å². The van der Waals surface area contributed by atoms with E-state index in [1.807, 2.05) is 0 Å². The van der Waals surface area contributed by atoms with Gasteiger partial charge in [0.05, 0.1) is 10.7 Å². The molecule has 0 aliphatic carbocycles. The predicted octanol–water partition coefficient (Wildman–Crippen LogP) is 1.80. The lowest BCUT2D eigenvalue weighted by molar-refractivity contribution is -0.133. The molecule has 0 spiro atoms. The fraction of sp³-hybridized carbons (Fsp3) is 0.154. The summed E-state index contributed by atoms with van der Waals surface area (Å²) in [7, 11) is 0. The molecule has 20 heavy (non-hydrogen) atoms. The summed E-state index contributed by atoms with van der Waals surface area (Å²) in [5.74, 6) is -2.46. The van der Waals surface area contributed by atoms with E-state index in [1.54, 1.807) is 0 Å². The summed E-state index contributed by atoms with van der Waals surface area (Å²) in [5, 5.41) is 11.5. The minimum Gasteiger partial charge on any atom is -0.478 e. The molecule has 4 N–H and O–H groups in total. The number of hydrogen-bond donors (Lipinski definition) is 3. The molecule has 0 heterocycles. The number of carboxylic acid groups (broad SMARTS) is 1. The van der Waals surface area contributed by atoms with E-state index < -0.39 is 17.8 Å². The Balaban J connectivity index is 3.08. The van der Waals surface area contributed by atoms with Gasteiger partial charge in [0.2, 0.25) is 5.91 Å². The molecule has 0 aromatic heterocycles. The van der Waals surface area contributed by atoms with Crippen LogP contribution in [0.25, 0.3) is 0 Å². The van der Waals surface area contributed by atoms with Gasteiger partial charge in [-0.15, -0.1) is 0 Å². The molecular weight excluding hydrogens is 284 g/mol. The first-order valence-corrected chi connectivity index (χ1v) is 5.93. The fourth-order valence-corrected chi connectivity index (χ4v) is 1.49. The Hall–Kier alpha value is -2.34. The van der Waals surface area contributed by atoms with E-state index in [0.717, 1.165) is 0 Å². The maximum Gasteiger partial charge on any atom is 0.331 e. The van der Waals surface area contributed by atoms with Gasteiger partial charge in [-0.25, -0.2) is 4.79 Å². The maximum absolute atomic E-state index is 11.9. The summed E-state index contributed by atoms with van der Waals surface area (Å²) in [6, 6.07) is 4.16. The number of carbonyl (C=O) groups excluding carboxylic acids is 2. The number of aliphatic carboxylic acids is 1. The molecule has 1 rings (SSSR count). The van der Waals surface area contributed by atoms with Crippen LogP contribution in [0.5, 0.6) is 0 Å². The zero-order chi connectivity index (χ0) is 15.4. The van der Waals surface area contributed by atoms with Gasteiger partial charge >= 0.3 is 5.97 Å². The van der Waals surface area contributed by atoms with Crippen LogP contribution in [-0.4, -0.2) is 22.9 Å². The Morgan fingerprint density at radius 3 is 2.30 bits per heavy atom. The van der Waals surface area contributed by atoms with Gasteiger partial charge in [-0.2, -0.15) is 0 Å². The highest BCUT2D eigenvalue weighted by Gasteiger charge is 2.14. The van der Waals surface area contributed by atoms with Crippen molar-refractivity contribution in [3.05, 3.63) is 39.9 Å². The molecule has 0 bridgehead atoms. The molecule has 6 nitrogen and oxygen atoms in total. The van der Waals surface area contributed by atoms with Gasteiger partial charge in [0.1, 0.15) is 0 Å². The third kappa shape index (κ3) is 3.58. The third-order valence-corrected chi connectivity index (χ3v) is 3.05. The Labute approximate surface area is 120 Å². The number of benzene rings is 1. The summed E-state index contributed by atoms with van der Waals surface area (Å²) >= 11 is 5.89. The molecule has 7 heteroatoms. The number of halogens is 1. The van der Waals surface area contributed by atoms with Crippen molar-refractivity contribution in [2.75, 3.05) is 5.32 Å². The summed E-state index contributed by atoms with van der Waals surface area (Å²) in [6.45, 7) is 2.70. The lowest BCUT2D eigenvalue weighted by Crippen LogP contribution is -2.17. The highest BCUT2D eigenvalue weighted by molar-refractivity contribution is 6.34. The smallest absolute Gasteiger partial charge is 0.331 e. The Morgan fingerprint density at radius 1 is 1.20 bits per heavy atom. The van der Waals surface area contributed by atoms with Crippen molar-refractivity contribution < 1.29 is 19.5 Å². The molecule has 0 unspecified atom stereocenters. The van der Waals surface area contributed by atoms with Crippen LogP contribution in [-0.2, 0) is 9.59 Å². The Morgan fingerprint density at radius 2 is 1.80 bits per heavy atom. The van der Waals surface area contributed by atoms with Crippen molar-refractivity contribution in [1.82, 2.24) is 0 Å². The van der Waals surface area contributed by atoms with E-state index in [-0.39, 0.29) is 27.4 Å². The van der Waals surface area contributed by atoms with Crippen LogP contribution < -0.4 is 11.1 Å². The number of amides is 2. The number of nitrogens with one attached hydrogen (secondary N) is 1. The second kappa shape index (κ2) is 6.21. The van der Waals surface area contributed by atoms with Gasteiger partial charge in [-0.3, -0.25) is 9.59 Å². The second-order valence-electron chi connectivity index (χ2n) is 4.07. The third-order valence-electron chi connectivity index (χ3n) is 2.72. The summed E-state index contributed by atoms with van der Waals surface area (Å²) in [6.07, 6.45) is 0. The lowest BCUT2D eigenvalue weighted by Gasteiger charge is -2.09. The number of hydrogen-bond acceptors (Lipinski definition) is 3. The van der Waals surface area contributed by atoms with Crippen molar-refractivity contribution >= 4 is 35.1 Å². The first-order chi connectivity index (χ1) is 9.23. The second-order valence-corrected chi connectivity index (χ2v) is 4.48. The first kappa shape index (κ1) is 15.7. The van der Waals surface area contributed by atoms with Gasteiger partial charge in [0, 0.05) is 16.7 Å². The van der Waals surface area contributed by atoms with Gasteiger partial charge in [-0.1, -0.05) is 11.6 Å². The van der Waals surface area contributed by atoms with E-state index in [9.17, 15) is 14.4 Å². The predicted molar refractivity (Wildman–Crippen MR) is 74.6 cm³/mol. The van der Waals surface area contributed by atoms with E-state index in [4.69, 9.17) is 22.4 Å². The van der Waals surface area contributed by atoms with Crippen molar-refractivity contribution in [2.24, 2.45) is 5.73 Å². The maximum atomic E-state index is 11.9. The van der Waals surface area contributed by atoms with E-state index in [0.29, 0.717) is 0 Å². The van der Waals surface area contributed by atoms with Crippen LogP contribution in [0.2, 0.25) is 5.02 Å². The molecule has 0 aliphatic heterocycles. The SMILES string of the molecule is CC(C(=O)O)=C(C)C(=O)Nc1cc(C(N)=O)ccc1Cl. The normalized spacial score (nSPS) is 11.6. The van der Waals surface area contributed by atoms with Crippen LogP contribution in [0.15, 0.2) is 29.3 Å². The zero-order valence-corrected chi connectivity index (χ0v) is 11.6. The lowest BCUT2D eigenvalue weighted by atomic mass is 10.1. The minimum absolute atomic E-state index is 0.0399. The fourth-order valence-electron chi connectivity index (χ4n) is 1.32. The number of primary amides is 1. The average Bonchev–Trinajstić information content (AvgIpc) is 2.38. The van der Waals surface area contributed by atoms with Gasteiger partial charge in [0.15, 0.2) is 0 Å². The van der Waals surface area contributed by atoms with E-state index >= 15 is 0 Å². The first-order valence-electron chi connectivity index (χ1n) is 5.55. The number of anilines is 1. The number of rotatable bonds is 4. The number of carbonyl (C=O) groups is 3. The molecule has 0 saturated carbocycles. The standard InChI is InChI=1S/C13H13ClN2O4/c1-6(7(2)13(19)20)12(18)16-10-5-8(11(15)17)3-4-9(10)14/h3-5H,1-2H3,(H2,15,17)(H,16,18)(H,19,20). The van der Waals surface area contributed by atoms with E-state index in [1.165, 1.54) is 32.0 Å². The molecule has 1 aromatic carbocycles. The van der Waals surface area contributed by atoms with Crippen molar-refractivity contribution in [3.8, 4) is 0 Å². The van der Waals surface area contributed by atoms with Crippen molar-refractivity contribution in [1.29, 1.82) is 0 Å². The highest BCUT2D eigenvalue weighted by Crippen LogP contribution is 2.23. The Kier molecular flexibility index (Phi) is 4.88. The quantitative estimate of drug-likeness (QED) is 0.736. The monoisotopic (exact) mass is 296 g/mol. The molecule has 106 valence electrons. The van der Waals surface area contributed by atoms with Crippen LogP contribution in [0.3, 0.4) is 0 Å². The average molecular weight is 297 g/mol. The van der Waals surface area contributed by atoms with Crippen LogP contribution in [0, 0.1) is 0 Å². The van der Waals surface area contributed by atoms with Crippen LogP contribution in [0.1, 0.15) is 24.2 Å². The summed E-state index contributed by atoms with van der Waals surface area (Å²) < 4.78 is 0. The Bertz CT molecular complexity index is 623. The number of carboxylic acids is 1. The molecule has 2 amide bonds. The summed E-state index contributed by atoms with van der Waals surface area (Å²) in [4.78, 5) is 33.7. The minimum atomic E-state index is -1.19. The summed E-state index contributed by atoms with van der Waals surface area (Å²) in [5.41, 5.74) is 5.46. The zero-order valence-electron chi connectivity index (χ0n) is 10.9. The largest absolute Gasteiger partial charge is 0.478 e. The van der Waals surface area contributed by atoms with Gasteiger partial charge < -0.3 is 16.2 Å². The molecule has 0 radical (unpaired) electrons. The molecular formula is C13H13ClN2O4. The highest BCUT2D eigenvalue weighted by atomic mass is 35.5. The molecule has 0 fully saturated rings.